The fourth-order valence-corrected chi connectivity index (χ4v) is 2.61. The molecule has 1 aliphatic rings. The highest BCUT2D eigenvalue weighted by atomic mass is 19.4. The minimum atomic E-state index is -5.14. The van der Waals surface area contributed by atoms with Gasteiger partial charge in [0.05, 0.1) is 26.3 Å². The van der Waals surface area contributed by atoms with Crippen LogP contribution in [-0.4, -0.2) is 62.1 Å². The Kier molecular flexibility index (Phi) is 6.13. The molecule has 1 aliphatic heterocycles. The Morgan fingerprint density at radius 1 is 1.30 bits per heavy atom. The van der Waals surface area contributed by atoms with Gasteiger partial charge in [0.25, 0.3) is 0 Å². The second kappa shape index (κ2) is 8.14. The van der Waals surface area contributed by atoms with Gasteiger partial charge in [0, 0.05) is 19.2 Å². The minimum absolute atomic E-state index is 0.123. The van der Waals surface area contributed by atoms with E-state index in [-0.39, 0.29) is 18.8 Å². The number of anilines is 1. The fourth-order valence-electron chi connectivity index (χ4n) is 2.61. The summed E-state index contributed by atoms with van der Waals surface area (Å²) in [6.45, 7) is -0.465. The number of rotatable bonds is 5. The molecule has 2 N–H and O–H groups in total. The number of benzene rings is 1. The first-order valence-corrected chi connectivity index (χ1v) is 7.84. The van der Waals surface area contributed by atoms with Gasteiger partial charge in [-0.15, -0.1) is 0 Å². The van der Waals surface area contributed by atoms with Crippen molar-refractivity contribution in [2.75, 3.05) is 32.6 Å². The summed E-state index contributed by atoms with van der Waals surface area (Å²) in [5, 5.41) is 4.81. The molecule has 8 nitrogen and oxygen atoms in total. The summed E-state index contributed by atoms with van der Waals surface area (Å²) in [5.74, 6) is -3.04. The average molecular weight is 389 g/mol. The van der Waals surface area contributed by atoms with E-state index in [9.17, 15) is 27.6 Å². The van der Waals surface area contributed by atoms with Crippen LogP contribution in [0.25, 0.3) is 0 Å². The van der Waals surface area contributed by atoms with Crippen molar-refractivity contribution in [1.82, 2.24) is 10.2 Å². The van der Waals surface area contributed by atoms with E-state index in [0.717, 1.165) is 0 Å². The predicted octanol–water partition coefficient (Wildman–Crippen LogP) is 0.922. The monoisotopic (exact) mass is 389 g/mol. The van der Waals surface area contributed by atoms with Gasteiger partial charge >= 0.3 is 12.1 Å². The first-order valence-electron chi connectivity index (χ1n) is 7.84. The lowest BCUT2D eigenvalue weighted by molar-refractivity contribution is -0.189. The van der Waals surface area contributed by atoms with Crippen LogP contribution in [0, 0.1) is 0 Å². The molecule has 0 aliphatic carbocycles. The van der Waals surface area contributed by atoms with Crippen LogP contribution in [0.3, 0.4) is 0 Å². The molecule has 3 amide bonds. The van der Waals surface area contributed by atoms with Crippen molar-refractivity contribution in [3.8, 4) is 11.5 Å². The van der Waals surface area contributed by atoms with Crippen LogP contribution in [0.4, 0.5) is 18.9 Å². The van der Waals surface area contributed by atoms with Crippen molar-refractivity contribution in [2.24, 2.45) is 0 Å². The molecule has 1 heterocycles. The third-order valence-corrected chi connectivity index (χ3v) is 3.89. The average Bonchev–Trinajstić information content (AvgIpc) is 2.61. The number of methoxy groups -OCH3 is 2. The van der Waals surface area contributed by atoms with Crippen LogP contribution < -0.4 is 20.1 Å². The maximum Gasteiger partial charge on any atom is 0.471 e. The highest BCUT2D eigenvalue weighted by Crippen LogP contribution is 2.29. The number of carbonyl (C=O) groups is 3. The van der Waals surface area contributed by atoms with Crippen molar-refractivity contribution in [1.29, 1.82) is 0 Å². The van der Waals surface area contributed by atoms with E-state index in [2.05, 4.69) is 10.6 Å². The summed E-state index contributed by atoms with van der Waals surface area (Å²) < 4.78 is 48.4. The smallest absolute Gasteiger partial charge is 0.471 e. The third kappa shape index (κ3) is 4.80. The standard InChI is InChI=1S/C16H18F3N3O5/c1-26-9-3-4-12(27-2)10(7-9)21-13(23)8-11-14(24)20-5-6-22(11)15(25)16(17,18)19/h3-4,7,11H,5-6,8H2,1-2H3,(H,20,24)(H,21,23)/t11-/m1/s1. The Bertz CT molecular complexity index is 739. The number of halogens is 3. The van der Waals surface area contributed by atoms with E-state index >= 15 is 0 Å². The maximum absolute atomic E-state index is 12.7. The molecule has 2 rings (SSSR count). The van der Waals surface area contributed by atoms with E-state index in [0.29, 0.717) is 16.4 Å². The predicted molar refractivity (Wildman–Crippen MR) is 87.4 cm³/mol. The van der Waals surface area contributed by atoms with Crippen LogP contribution >= 0.6 is 0 Å². The highest BCUT2D eigenvalue weighted by molar-refractivity contribution is 5.98. The summed E-state index contributed by atoms with van der Waals surface area (Å²) in [6.07, 6.45) is -5.78. The number of nitrogens with one attached hydrogen (secondary N) is 2. The molecule has 0 bridgehead atoms. The Morgan fingerprint density at radius 3 is 2.59 bits per heavy atom. The van der Waals surface area contributed by atoms with Crippen LogP contribution in [0.15, 0.2) is 18.2 Å². The summed E-state index contributed by atoms with van der Waals surface area (Å²) >= 11 is 0. The van der Waals surface area contributed by atoms with E-state index in [4.69, 9.17) is 9.47 Å². The van der Waals surface area contributed by atoms with Crippen LogP contribution in [-0.2, 0) is 14.4 Å². The Balaban J connectivity index is 2.17. The summed E-state index contributed by atoms with van der Waals surface area (Å²) in [4.78, 5) is 36.2. The van der Waals surface area contributed by atoms with Crippen molar-refractivity contribution >= 4 is 23.4 Å². The van der Waals surface area contributed by atoms with Gasteiger partial charge in [-0.05, 0) is 12.1 Å². The lowest BCUT2D eigenvalue weighted by atomic mass is 10.1. The molecular weight excluding hydrogens is 371 g/mol. The van der Waals surface area contributed by atoms with Crippen LogP contribution in [0.5, 0.6) is 11.5 Å². The lowest BCUT2D eigenvalue weighted by Crippen LogP contribution is -2.60. The van der Waals surface area contributed by atoms with Crippen molar-refractivity contribution in [2.45, 2.75) is 18.6 Å². The van der Waals surface area contributed by atoms with Crippen LogP contribution in [0.1, 0.15) is 6.42 Å². The summed E-state index contributed by atoms with van der Waals surface area (Å²) in [7, 11) is 2.79. The van der Waals surface area contributed by atoms with Gasteiger partial charge < -0.3 is 25.0 Å². The van der Waals surface area contributed by atoms with Crippen molar-refractivity contribution in [3.63, 3.8) is 0 Å². The van der Waals surface area contributed by atoms with Crippen LogP contribution in [0.2, 0.25) is 0 Å². The molecule has 27 heavy (non-hydrogen) atoms. The number of alkyl halides is 3. The molecule has 1 aromatic rings. The zero-order valence-electron chi connectivity index (χ0n) is 14.6. The molecule has 1 fully saturated rings. The van der Waals surface area contributed by atoms with Gasteiger partial charge in [-0.25, -0.2) is 0 Å². The lowest BCUT2D eigenvalue weighted by Gasteiger charge is -2.35. The number of hydrogen-bond donors (Lipinski definition) is 2. The van der Waals surface area contributed by atoms with Gasteiger partial charge in [0.2, 0.25) is 11.8 Å². The second-order valence-electron chi connectivity index (χ2n) is 5.62. The molecule has 0 spiro atoms. The molecule has 1 saturated heterocycles. The first kappa shape index (κ1) is 20.3. The van der Waals surface area contributed by atoms with E-state index in [1.54, 1.807) is 6.07 Å². The zero-order valence-corrected chi connectivity index (χ0v) is 14.6. The summed E-state index contributed by atoms with van der Waals surface area (Å²) in [6, 6.07) is 3.01. The number of carbonyl (C=O) groups excluding carboxylic acids is 3. The largest absolute Gasteiger partial charge is 0.497 e. The molecule has 1 atom stereocenters. The molecule has 0 saturated carbocycles. The third-order valence-electron chi connectivity index (χ3n) is 3.89. The molecule has 0 aromatic heterocycles. The Hall–Kier alpha value is -2.98. The first-order chi connectivity index (χ1) is 12.7. The van der Waals surface area contributed by atoms with Crippen molar-refractivity contribution < 1.29 is 37.0 Å². The molecular formula is C16H18F3N3O5. The second-order valence-corrected chi connectivity index (χ2v) is 5.62. The Labute approximate surface area is 152 Å². The topological polar surface area (TPSA) is 97.0 Å². The normalized spacial score (nSPS) is 17.1. The molecule has 0 radical (unpaired) electrons. The molecule has 11 heteroatoms. The van der Waals surface area contributed by atoms with Gasteiger partial charge in [-0.2, -0.15) is 13.2 Å². The molecule has 0 unspecified atom stereocenters. The number of amides is 3. The van der Waals surface area contributed by atoms with Gasteiger partial charge in [0.1, 0.15) is 17.5 Å². The minimum Gasteiger partial charge on any atom is -0.497 e. The van der Waals surface area contributed by atoms with Gasteiger partial charge in [-0.3, -0.25) is 14.4 Å². The molecule has 148 valence electrons. The zero-order chi connectivity index (χ0) is 20.2. The number of hydrogen-bond acceptors (Lipinski definition) is 5. The number of nitrogens with zero attached hydrogens (tertiary/aromatic N) is 1. The number of piperazine rings is 1. The van der Waals surface area contributed by atoms with Gasteiger partial charge in [-0.1, -0.05) is 0 Å². The highest BCUT2D eigenvalue weighted by Gasteiger charge is 2.47. The van der Waals surface area contributed by atoms with E-state index in [1.807, 2.05) is 0 Å². The maximum atomic E-state index is 12.7. The fraction of sp³-hybridized carbons (Fsp3) is 0.438. The quantitative estimate of drug-likeness (QED) is 0.781. The SMILES string of the molecule is COc1ccc(OC)c(NC(=O)C[C@@H]2C(=O)NCCN2C(=O)C(F)(F)F)c1. The van der Waals surface area contributed by atoms with E-state index < -0.39 is 36.4 Å². The Morgan fingerprint density at radius 2 is 2.00 bits per heavy atom. The number of ether oxygens (including phenoxy) is 2. The molecule has 1 aromatic carbocycles. The van der Waals surface area contributed by atoms with Gasteiger partial charge in [0.15, 0.2) is 0 Å². The summed E-state index contributed by atoms with van der Waals surface area (Å²) in [5.41, 5.74) is 0.215. The van der Waals surface area contributed by atoms with E-state index in [1.165, 1.54) is 26.4 Å². The van der Waals surface area contributed by atoms with Crippen molar-refractivity contribution in [3.05, 3.63) is 18.2 Å².